The first-order valence-electron chi connectivity index (χ1n) is 6.83. The molecule has 1 fully saturated rings. The van der Waals surface area contributed by atoms with Crippen LogP contribution in [-0.2, 0) is 16.0 Å². The van der Waals surface area contributed by atoms with Gasteiger partial charge in [0.05, 0.1) is 12.5 Å². The van der Waals surface area contributed by atoms with Crippen LogP contribution < -0.4 is 5.32 Å². The standard InChI is InChI=1S/C15H19FN2O2/c1-10(2)18-14(19)9-13(15(18)20)17-8-7-11-5-3-4-6-12(11)16/h3-6,10,13,17H,7-9H2,1-2H3. The largest absolute Gasteiger partial charge is 0.305 e. The number of amides is 2. The van der Waals surface area contributed by atoms with E-state index in [1.807, 2.05) is 13.8 Å². The van der Waals surface area contributed by atoms with Crippen LogP contribution in [0.4, 0.5) is 4.39 Å². The van der Waals surface area contributed by atoms with Crippen molar-refractivity contribution < 1.29 is 14.0 Å². The Morgan fingerprint density at radius 2 is 2.05 bits per heavy atom. The average Bonchev–Trinajstić information content (AvgIpc) is 2.67. The Morgan fingerprint density at radius 1 is 1.35 bits per heavy atom. The van der Waals surface area contributed by atoms with Gasteiger partial charge in [0.25, 0.3) is 0 Å². The minimum atomic E-state index is -0.475. The summed E-state index contributed by atoms with van der Waals surface area (Å²) in [6, 6.07) is 5.97. The van der Waals surface area contributed by atoms with E-state index in [0.29, 0.717) is 18.5 Å². The fourth-order valence-corrected chi connectivity index (χ4v) is 2.44. The molecule has 0 aliphatic carbocycles. The molecular weight excluding hydrogens is 259 g/mol. The summed E-state index contributed by atoms with van der Waals surface area (Å²) < 4.78 is 13.4. The maximum atomic E-state index is 13.4. The van der Waals surface area contributed by atoms with Crippen LogP contribution >= 0.6 is 0 Å². The Bertz CT molecular complexity index is 516. The second-order valence-corrected chi connectivity index (χ2v) is 5.25. The van der Waals surface area contributed by atoms with Gasteiger partial charge >= 0.3 is 0 Å². The number of carbonyl (C=O) groups excluding carboxylic acids is 2. The number of hydrogen-bond acceptors (Lipinski definition) is 3. The molecule has 2 amide bonds. The van der Waals surface area contributed by atoms with Gasteiger partial charge in [-0.2, -0.15) is 0 Å². The van der Waals surface area contributed by atoms with Crippen LogP contribution in [0.15, 0.2) is 24.3 Å². The summed E-state index contributed by atoms with van der Waals surface area (Å²) in [5, 5.41) is 3.04. The normalized spacial score (nSPS) is 19.2. The molecule has 1 saturated heterocycles. The smallest absolute Gasteiger partial charge is 0.247 e. The molecule has 0 bridgehead atoms. The lowest BCUT2D eigenvalue weighted by Gasteiger charge is -2.19. The third-order valence-corrected chi connectivity index (χ3v) is 3.44. The first-order valence-corrected chi connectivity index (χ1v) is 6.83. The van der Waals surface area contributed by atoms with Crippen molar-refractivity contribution in [3.63, 3.8) is 0 Å². The van der Waals surface area contributed by atoms with Gasteiger partial charge in [0.1, 0.15) is 5.82 Å². The van der Waals surface area contributed by atoms with Crippen molar-refractivity contribution in [2.45, 2.75) is 38.8 Å². The van der Waals surface area contributed by atoms with E-state index in [4.69, 9.17) is 0 Å². The molecule has 1 aliphatic rings. The maximum Gasteiger partial charge on any atom is 0.247 e. The zero-order chi connectivity index (χ0) is 14.7. The number of imide groups is 1. The zero-order valence-corrected chi connectivity index (χ0v) is 11.7. The van der Waals surface area contributed by atoms with E-state index in [1.165, 1.54) is 11.0 Å². The van der Waals surface area contributed by atoms with Crippen LogP contribution in [-0.4, -0.2) is 35.3 Å². The van der Waals surface area contributed by atoms with E-state index in [9.17, 15) is 14.0 Å². The van der Waals surface area contributed by atoms with Crippen LogP contribution in [0.2, 0.25) is 0 Å². The molecule has 1 aliphatic heterocycles. The van der Waals surface area contributed by atoms with E-state index in [0.717, 1.165) is 0 Å². The predicted molar refractivity (Wildman–Crippen MR) is 73.5 cm³/mol. The van der Waals surface area contributed by atoms with Crippen molar-refractivity contribution in [3.8, 4) is 0 Å². The molecule has 0 aromatic heterocycles. The van der Waals surface area contributed by atoms with Gasteiger partial charge in [-0.05, 0) is 31.9 Å². The van der Waals surface area contributed by atoms with Gasteiger partial charge in [-0.15, -0.1) is 0 Å². The van der Waals surface area contributed by atoms with E-state index >= 15 is 0 Å². The molecule has 0 saturated carbocycles. The van der Waals surface area contributed by atoms with Crippen LogP contribution in [0.3, 0.4) is 0 Å². The SMILES string of the molecule is CC(C)N1C(=O)CC(NCCc2ccccc2F)C1=O. The Hall–Kier alpha value is -1.75. The molecule has 108 valence electrons. The Morgan fingerprint density at radius 3 is 2.65 bits per heavy atom. The van der Waals surface area contributed by atoms with Gasteiger partial charge < -0.3 is 5.32 Å². The molecular formula is C15H19FN2O2. The Balaban J connectivity index is 1.88. The van der Waals surface area contributed by atoms with Gasteiger partial charge in [0, 0.05) is 12.6 Å². The zero-order valence-electron chi connectivity index (χ0n) is 11.7. The number of carbonyl (C=O) groups is 2. The summed E-state index contributed by atoms with van der Waals surface area (Å²) in [5.74, 6) is -0.571. The van der Waals surface area contributed by atoms with Gasteiger partial charge in [-0.1, -0.05) is 18.2 Å². The number of likely N-dealkylation sites (tertiary alicyclic amines) is 1. The number of halogens is 1. The molecule has 2 rings (SSSR count). The van der Waals surface area contributed by atoms with Gasteiger partial charge in [0.15, 0.2) is 0 Å². The van der Waals surface area contributed by atoms with Gasteiger partial charge in [0.2, 0.25) is 11.8 Å². The number of nitrogens with zero attached hydrogens (tertiary/aromatic N) is 1. The molecule has 1 N–H and O–H groups in total. The molecule has 1 atom stereocenters. The Labute approximate surface area is 118 Å². The van der Waals surface area contributed by atoms with Crippen molar-refractivity contribution in [1.29, 1.82) is 0 Å². The molecule has 1 aromatic carbocycles. The lowest BCUT2D eigenvalue weighted by Crippen LogP contribution is -2.42. The van der Waals surface area contributed by atoms with Gasteiger partial charge in [-0.3, -0.25) is 14.5 Å². The van der Waals surface area contributed by atoms with Crippen LogP contribution in [0.1, 0.15) is 25.8 Å². The number of hydrogen-bond donors (Lipinski definition) is 1. The highest BCUT2D eigenvalue weighted by molar-refractivity contribution is 6.05. The topological polar surface area (TPSA) is 49.4 Å². The Kier molecular flexibility index (Phi) is 4.49. The summed E-state index contributed by atoms with van der Waals surface area (Å²) in [4.78, 5) is 25.1. The third kappa shape index (κ3) is 3.04. The highest BCUT2D eigenvalue weighted by atomic mass is 19.1. The van der Waals surface area contributed by atoms with Crippen molar-refractivity contribution in [3.05, 3.63) is 35.6 Å². The molecule has 5 heteroatoms. The van der Waals surface area contributed by atoms with E-state index in [1.54, 1.807) is 18.2 Å². The van der Waals surface area contributed by atoms with Crippen molar-refractivity contribution >= 4 is 11.8 Å². The summed E-state index contributed by atoms with van der Waals surface area (Å²) in [6.45, 7) is 4.10. The van der Waals surface area contributed by atoms with Crippen LogP contribution in [0.25, 0.3) is 0 Å². The highest BCUT2D eigenvalue weighted by Crippen LogP contribution is 2.16. The first-order chi connectivity index (χ1) is 9.50. The van der Waals surface area contributed by atoms with Crippen molar-refractivity contribution in [1.82, 2.24) is 10.2 Å². The second kappa shape index (κ2) is 6.13. The number of benzene rings is 1. The van der Waals surface area contributed by atoms with E-state index in [-0.39, 0.29) is 30.1 Å². The summed E-state index contributed by atoms with van der Waals surface area (Å²) >= 11 is 0. The first kappa shape index (κ1) is 14.7. The maximum absolute atomic E-state index is 13.4. The molecule has 1 heterocycles. The molecule has 1 aromatic rings. The average molecular weight is 278 g/mol. The molecule has 4 nitrogen and oxygen atoms in total. The fourth-order valence-electron chi connectivity index (χ4n) is 2.44. The summed E-state index contributed by atoms with van der Waals surface area (Å²) in [5.41, 5.74) is 0.609. The minimum absolute atomic E-state index is 0.117. The molecule has 0 spiro atoms. The lowest BCUT2D eigenvalue weighted by molar-refractivity contribution is -0.140. The summed E-state index contributed by atoms with van der Waals surface area (Å²) in [7, 11) is 0. The quantitative estimate of drug-likeness (QED) is 0.830. The molecule has 20 heavy (non-hydrogen) atoms. The van der Waals surface area contributed by atoms with Crippen molar-refractivity contribution in [2.24, 2.45) is 0 Å². The number of nitrogens with one attached hydrogen (secondary N) is 1. The highest BCUT2D eigenvalue weighted by Gasteiger charge is 2.39. The summed E-state index contributed by atoms with van der Waals surface area (Å²) in [6.07, 6.45) is 0.681. The van der Waals surface area contributed by atoms with E-state index in [2.05, 4.69) is 5.32 Å². The van der Waals surface area contributed by atoms with Crippen molar-refractivity contribution in [2.75, 3.05) is 6.54 Å². The molecule has 1 unspecified atom stereocenters. The van der Waals surface area contributed by atoms with Crippen LogP contribution in [0.5, 0.6) is 0 Å². The van der Waals surface area contributed by atoms with Crippen LogP contribution in [0, 0.1) is 5.82 Å². The second-order valence-electron chi connectivity index (χ2n) is 5.25. The third-order valence-electron chi connectivity index (χ3n) is 3.44. The predicted octanol–water partition coefficient (Wildman–Crippen LogP) is 1.49. The number of rotatable bonds is 5. The monoisotopic (exact) mass is 278 g/mol. The van der Waals surface area contributed by atoms with E-state index < -0.39 is 6.04 Å². The minimum Gasteiger partial charge on any atom is -0.305 e. The van der Waals surface area contributed by atoms with Gasteiger partial charge in [-0.25, -0.2) is 4.39 Å². The molecule has 0 radical (unpaired) electrons. The lowest BCUT2D eigenvalue weighted by atomic mass is 10.1. The fraction of sp³-hybridized carbons (Fsp3) is 0.467.